The number of likely N-dealkylation sites (tertiary alicyclic amines) is 1. The number of aromatic nitrogens is 3. The maximum Gasteiger partial charge on any atom is 0.254 e. The smallest absolute Gasteiger partial charge is 0.254 e. The predicted octanol–water partition coefficient (Wildman–Crippen LogP) is 4.86. The van der Waals surface area contributed by atoms with E-state index in [1.54, 1.807) is 11.3 Å². The quantitative estimate of drug-likeness (QED) is 0.473. The van der Waals surface area contributed by atoms with Crippen LogP contribution in [0, 0.1) is 26.2 Å². The Bertz CT molecular complexity index is 1370. The van der Waals surface area contributed by atoms with Crippen molar-refractivity contribution in [1.29, 1.82) is 0 Å². The molecule has 0 bridgehead atoms. The van der Waals surface area contributed by atoms with Gasteiger partial charge in [-0.15, -0.1) is 11.3 Å². The van der Waals surface area contributed by atoms with Gasteiger partial charge in [-0.1, -0.05) is 31.2 Å². The molecule has 1 unspecified atom stereocenters. The minimum Gasteiger partial charge on any atom is -0.338 e. The Morgan fingerprint density at radius 3 is 2.58 bits per heavy atom. The van der Waals surface area contributed by atoms with Gasteiger partial charge >= 0.3 is 0 Å². The molecule has 7 heteroatoms. The molecule has 1 atom stereocenters. The highest BCUT2D eigenvalue weighted by Gasteiger charge is 2.35. The summed E-state index contributed by atoms with van der Waals surface area (Å²) in [6.45, 7) is 10.4. The van der Waals surface area contributed by atoms with Gasteiger partial charge < -0.3 is 15.0 Å². The number of nitrogens with two attached hydrogens (primary N) is 1. The standard InChI is InChI=1S/C26H29N5OS/c1-16-24(33-18(3)28-16)21-8-6-5-7-20(21)23-17(2)31-11-9-19(13-22(31)29-23)25(32)30-12-10-26(4,14-27)15-30/h5-9,11,13H,10,12,14-15,27H2,1-4H3. The summed E-state index contributed by atoms with van der Waals surface area (Å²) in [5.41, 5.74) is 12.6. The van der Waals surface area contributed by atoms with Gasteiger partial charge in [0.1, 0.15) is 5.65 Å². The molecule has 0 aliphatic carbocycles. The second kappa shape index (κ2) is 8.08. The van der Waals surface area contributed by atoms with Gasteiger partial charge in [0.25, 0.3) is 5.91 Å². The van der Waals surface area contributed by atoms with Crippen molar-refractivity contribution < 1.29 is 4.79 Å². The highest BCUT2D eigenvalue weighted by Crippen LogP contribution is 2.38. The molecule has 2 N–H and O–H groups in total. The van der Waals surface area contributed by atoms with Crippen molar-refractivity contribution in [2.45, 2.75) is 34.1 Å². The summed E-state index contributed by atoms with van der Waals surface area (Å²) in [5.74, 6) is 0.0491. The number of benzene rings is 1. The second-order valence-corrected chi connectivity index (χ2v) is 10.6. The molecule has 1 fully saturated rings. The van der Waals surface area contributed by atoms with Gasteiger partial charge in [-0.05, 0) is 51.3 Å². The average molecular weight is 460 g/mol. The van der Waals surface area contributed by atoms with Crippen LogP contribution >= 0.6 is 11.3 Å². The number of amides is 1. The van der Waals surface area contributed by atoms with Crippen LogP contribution in [0.25, 0.3) is 27.3 Å². The van der Waals surface area contributed by atoms with Crippen LogP contribution in [-0.4, -0.2) is 44.8 Å². The molecule has 1 amide bonds. The Balaban J connectivity index is 1.54. The Morgan fingerprint density at radius 2 is 1.91 bits per heavy atom. The summed E-state index contributed by atoms with van der Waals surface area (Å²) >= 11 is 1.71. The van der Waals surface area contributed by atoms with Gasteiger partial charge in [-0.2, -0.15) is 0 Å². The van der Waals surface area contributed by atoms with Gasteiger partial charge in [0.05, 0.1) is 21.3 Å². The first kappa shape index (κ1) is 21.8. The van der Waals surface area contributed by atoms with E-state index in [0.29, 0.717) is 18.7 Å². The molecule has 5 rings (SSSR count). The number of carbonyl (C=O) groups is 1. The Labute approximate surface area is 198 Å². The molecule has 0 radical (unpaired) electrons. The monoisotopic (exact) mass is 459 g/mol. The van der Waals surface area contributed by atoms with Gasteiger partial charge in [0.15, 0.2) is 0 Å². The van der Waals surface area contributed by atoms with E-state index in [-0.39, 0.29) is 11.3 Å². The molecular weight excluding hydrogens is 430 g/mol. The maximum absolute atomic E-state index is 13.2. The van der Waals surface area contributed by atoms with E-state index >= 15 is 0 Å². The van der Waals surface area contributed by atoms with Crippen LogP contribution in [0.2, 0.25) is 0 Å². The van der Waals surface area contributed by atoms with Crippen molar-refractivity contribution in [3.63, 3.8) is 0 Å². The SMILES string of the molecule is Cc1nc(C)c(-c2ccccc2-c2nc3cc(C(=O)N4CCC(C)(CN)C4)ccn3c2C)s1. The Kier molecular flexibility index (Phi) is 5.34. The molecule has 6 nitrogen and oxygen atoms in total. The van der Waals surface area contributed by atoms with Crippen molar-refractivity contribution in [2.24, 2.45) is 11.1 Å². The van der Waals surface area contributed by atoms with Crippen molar-refractivity contribution in [2.75, 3.05) is 19.6 Å². The van der Waals surface area contributed by atoms with Crippen LogP contribution in [0.3, 0.4) is 0 Å². The zero-order valence-electron chi connectivity index (χ0n) is 19.6. The van der Waals surface area contributed by atoms with Crippen LogP contribution in [0.4, 0.5) is 0 Å². The topological polar surface area (TPSA) is 76.5 Å². The number of rotatable bonds is 4. The van der Waals surface area contributed by atoms with E-state index in [0.717, 1.165) is 51.8 Å². The van der Waals surface area contributed by atoms with Crippen molar-refractivity contribution >= 4 is 22.9 Å². The summed E-state index contributed by atoms with van der Waals surface area (Å²) in [6.07, 6.45) is 2.90. The van der Waals surface area contributed by atoms with Gasteiger partial charge in [-0.25, -0.2) is 9.97 Å². The van der Waals surface area contributed by atoms with E-state index < -0.39 is 0 Å². The molecule has 33 heavy (non-hydrogen) atoms. The number of hydrogen-bond acceptors (Lipinski definition) is 5. The van der Waals surface area contributed by atoms with Crippen LogP contribution in [0.1, 0.15) is 40.1 Å². The molecule has 4 aromatic rings. The second-order valence-electron chi connectivity index (χ2n) is 9.37. The van der Waals surface area contributed by atoms with Gasteiger partial charge in [0, 0.05) is 41.7 Å². The Hall–Kier alpha value is -3.03. The first-order valence-corrected chi connectivity index (χ1v) is 12.1. The average Bonchev–Trinajstić information content (AvgIpc) is 3.48. The minimum absolute atomic E-state index is 0.00761. The van der Waals surface area contributed by atoms with E-state index in [2.05, 4.69) is 48.4 Å². The van der Waals surface area contributed by atoms with E-state index in [1.807, 2.05) is 36.2 Å². The van der Waals surface area contributed by atoms with Gasteiger partial charge in [0.2, 0.25) is 0 Å². The van der Waals surface area contributed by atoms with Gasteiger partial charge in [-0.3, -0.25) is 4.79 Å². The third-order valence-electron chi connectivity index (χ3n) is 6.78. The minimum atomic E-state index is 0.00761. The summed E-state index contributed by atoms with van der Waals surface area (Å²) < 4.78 is 2.06. The summed E-state index contributed by atoms with van der Waals surface area (Å²) in [7, 11) is 0. The number of pyridine rings is 1. The summed E-state index contributed by atoms with van der Waals surface area (Å²) in [4.78, 5) is 25.9. The zero-order chi connectivity index (χ0) is 23.3. The van der Waals surface area contributed by atoms with Crippen LogP contribution < -0.4 is 5.73 Å². The van der Waals surface area contributed by atoms with E-state index in [4.69, 9.17) is 10.7 Å². The molecule has 170 valence electrons. The largest absolute Gasteiger partial charge is 0.338 e. The lowest BCUT2D eigenvalue weighted by molar-refractivity contribution is 0.0777. The molecule has 1 saturated heterocycles. The first-order valence-electron chi connectivity index (χ1n) is 11.3. The molecule has 0 saturated carbocycles. The number of carbonyl (C=O) groups excluding carboxylic acids is 1. The summed E-state index contributed by atoms with van der Waals surface area (Å²) in [5, 5.41) is 1.06. The van der Waals surface area contributed by atoms with Crippen LogP contribution in [0.5, 0.6) is 0 Å². The Morgan fingerprint density at radius 1 is 1.15 bits per heavy atom. The number of imidazole rings is 1. The van der Waals surface area contributed by atoms with Crippen LogP contribution in [-0.2, 0) is 0 Å². The lowest BCUT2D eigenvalue weighted by atomic mass is 9.90. The lowest BCUT2D eigenvalue weighted by Gasteiger charge is -2.22. The fourth-order valence-electron chi connectivity index (χ4n) is 4.77. The highest BCUT2D eigenvalue weighted by molar-refractivity contribution is 7.15. The molecular formula is C26H29N5OS. The molecule has 1 aromatic carbocycles. The van der Waals surface area contributed by atoms with E-state index in [1.165, 1.54) is 4.88 Å². The molecule has 3 aromatic heterocycles. The van der Waals surface area contributed by atoms with Crippen LogP contribution in [0.15, 0.2) is 42.6 Å². The molecule has 0 spiro atoms. The highest BCUT2D eigenvalue weighted by atomic mass is 32.1. The van der Waals surface area contributed by atoms with E-state index in [9.17, 15) is 4.79 Å². The summed E-state index contributed by atoms with van der Waals surface area (Å²) in [6, 6.07) is 12.1. The van der Waals surface area contributed by atoms with Crippen molar-refractivity contribution in [3.8, 4) is 21.7 Å². The zero-order valence-corrected chi connectivity index (χ0v) is 20.4. The molecule has 1 aliphatic heterocycles. The number of fused-ring (bicyclic) bond motifs is 1. The van der Waals surface area contributed by atoms with Crippen molar-refractivity contribution in [3.05, 3.63) is 64.6 Å². The number of hydrogen-bond donors (Lipinski definition) is 1. The molecule has 4 heterocycles. The number of nitrogens with zero attached hydrogens (tertiary/aromatic N) is 4. The maximum atomic E-state index is 13.2. The number of thiazole rings is 1. The third-order valence-corrected chi connectivity index (χ3v) is 7.89. The predicted molar refractivity (Wildman–Crippen MR) is 134 cm³/mol. The fourth-order valence-corrected chi connectivity index (χ4v) is 5.73. The third kappa shape index (κ3) is 3.75. The fraction of sp³-hybridized carbons (Fsp3) is 0.346. The number of aryl methyl sites for hydroxylation is 3. The first-order chi connectivity index (χ1) is 15.8. The van der Waals surface area contributed by atoms with Crippen molar-refractivity contribution in [1.82, 2.24) is 19.3 Å². The normalized spacial score (nSPS) is 18.4. The molecule has 1 aliphatic rings. The lowest BCUT2D eigenvalue weighted by Crippen LogP contribution is -2.34.